The third-order valence-electron chi connectivity index (χ3n) is 4.06. The van der Waals surface area contributed by atoms with Crippen LogP contribution < -0.4 is 5.32 Å². The van der Waals surface area contributed by atoms with Gasteiger partial charge < -0.3 is 5.32 Å². The Balaban J connectivity index is 1.94. The molecule has 1 aliphatic rings. The first-order valence-electron chi connectivity index (χ1n) is 7.43. The van der Waals surface area contributed by atoms with Crippen molar-refractivity contribution >= 4 is 0 Å². The van der Waals surface area contributed by atoms with Crippen LogP contribution in [0.1, 0.15) is 65.7 Å². The van der Waals surface area contributed by atoms with Crippen molar-refractivity contribution in [1.29, 1.82) is 0 Å². The zero-order valence-electron chi connectivity index (χ0n) is 11.6. The van der Waals surface area contributed by atoms with Crippen LogP contribution in [0.4, 0.5) is 0 Å². The Labute approximate surface area is 102 Å². The minimum absolute atomic E-state index is 0.792. The molecule has 1 saturated carbocycles. The van der Waals surface area contributed by atoms with Gasteiger partial charge in [-0.05, 0) is 43.7 Å². The third-order valence-corrected chi connectivity index (χ3v) is 4.06. The highest BCUT2D eigenvalue weighted by Gasteiger charge is 2.19. The second kappa shape index (κ2) is 8.11. The third kappa shape index (κ3) is 5.89. The molecule has 1 fully saturated rings. The lowest BCUT2D eigenvalue weighted by atomic mass is 9.79. The van der Waals surface area contributed by atoms with Gasteiger partial charge in [0, 0.05) is 0 Å². The van der Waals surface area contributed by atoms with Crippen molar-refractivity contribution < 1.29 is 0 Å². The van der Waals surface area contributed by atoms with Crippen LogP contribution in [0.15, 0.2) is 0 Å². The fourth-order valence-electron chi connectivity index (χ4n) is 2.83. The van der Waals surface area contributed by atoms with E-state index in [0.29, 0.717) is 0 Å². The van der Waals surface area contributed by atoms with Gasteiger partial charge in [0.1, 0.15) is 0 Å². The molecule has 1 nitrogen and oxygen atoms in total. The highest BCUT2D eigenvalue weighted by molar-refractivity contribution is 4.72. The molecule has 0 aromatic carbocycles. The lowest BCUT2D eigenvalue weighted by molar-refractivity contribution is 0.254. The Hall–Kier alpha value is -0.0400. The van der Waals surface area contributed by atoms with Crippen molar-refractivity contribution in [2.45, 2.75) is 65.7 Å². The minimum Gasteiger partial charge on any atom is -0.316 e. The summed E-state index contributed by atoms with van der Waals surface area (Å²) in [7, 11) is 0. The van der Waals surface area contributed by atoms with E-state index in [1.54, 1.807) is 0 Å². The Morgan fingerprint density at radius 1 is 1.06 bits per heavy atom. The zero-order valence-corrected chi connectivity index (χ0v) is 11.6. The van der Waals surface area contributed by atoms with E-state index < -0.39 is 0 Å². The van der Waals surface area contributed by atoms with E-state index in [1.165, 1.54) is 58.0 Å². The molecule has 96 valence electrons. The molecule has 0 bridgehead atoms. The molecule has 0 saturated heterocycles. The zero-order chi connectivity index (χ0) is 11.8. The van der Waals surface area contributed by atoms with E-state index in [9.17, 15) is 0 Å². The molecular weight excluding hydrogens is 194 g/mol. The first-order chi connectivity index (χ1) is 7.72. The number of rotatable bonds is 7. The lowest BCUT2D eigenvalue weighted by Gasteiger charge is -2.27. The Morgan fingerprint density at radius 3 is 2.25 bits per heavy atom. The number of hydrogen-bond acceptors (Lipinski definition) is 1. The molecule has 0 unspecified atom stereocenters. The molecule has 0 aromatic rings. The second-order valence-electron chi connectivity index (χ2n) is 6.04. The summed E-state index contributed by atoms with van der Waals surface area (Å²) in [5, 5.41) is 3.54. The van der Waals surface area contributed by atoms with Crippen LogP contribution in [0.2, 0.25) is 0 Å². The average molecular weight is 225 g/mol. The average Bonchev–Trinajstić information content (AvgIpc) is 2.29. The Kier molecular flexibility index (Phi) is 7.11. The molecule has 0 atom stereocenters. The van der Waals surface area contributed by atoms with Gasteiger partial charge in [0.15, 0.2) is 0 Å². The smallest absolute Gasteiger partial charge is 0.00258 e. The topological polar surface area (TPSA) is 12.0 Å². The van der Waals surface area contributed by atoms with Crippen molar-refractivity contribution in [3.8, 4) is 0 Å². The van der Waals surface area contributed by atoms with Gasteiger partial charge in [-0.2, -0.15) is 0 Å². The van der Waals surface area contributed by atoms with E-state index in [4.69, 9.17) is 0 Å². The largest absolute Gasteiger partial charge is 0.316 e. The molecule has 0 spiro atoms. The summed E-state index contributed by atoms with van der Waals surface area (Å²) in [6.45, 7) is 9.31. The first kappa shape index (κ1) is 14.0. The summed E-state index contributed by atoms with van der Waals surface area (Å²) >= 11 is 0. The summed E-state index contributed by atoms with van der Waals surface area (Å²) in [4.78, 5) is 0. The van der Waals surface area contributed by atoms with Gasteiger partial charge in [0.2, 0.25) is 0 Å². The van der Waals surface area contributed by atoms with Gasteiger partial charge in [-0.3, -0.25) is 0 Å². The molecule has 0 heterocycles. The van der Waals surface area contributed by atoms with E-state index >= 15 is 0 Å². The van der Waals surface area contributed by atoms with E-state index in [0.717, 1.165) is 17.8 Å². The summed E-state index contributed by atoms with van der Waals surface area (Å²) in [5.41, 5.74) is 0. The molecular formula is C15H31N. The minimum atomic E-state index is 0.792. The van der Waals surface area contributed by atoms with Crippen molar-refractivity contribution in [1.82, 2.24) is 5.32 Å². The predicted octanol–water partition coefficient (Wildman–Crippen LogP) is 4.23. The van der Waals surface area contributed by atoms with Gasteiger partial charge in [-0.1, -0.05) is 52.9 Å². The quantitative estimate of drug-likeness (QED) is 0.639. The highest BCUT2D eigenvalue weighted by Crippen LogP contribution is 2.32. The molecule has 16 heavy (non-hydrogen) atoms. The lowest BCUT2D eigenvalue weighted by Crippen LogP contribution is -2.22. The maximum atomic E-state index is 3.54. The van der Waals surface area contributed by atoms with Crippen LogP contribution >= 0.6 is 0 Å². The summed E-state index contributed by atoms with van der Waals surface area (Å²) < 4.78 is 0. The summed E-state index contributed by atoms with van der Waals surface area (Å²) in [5.74, 6) is 2.89. The number of hydrogen-bond donors (Lipinski definition) is 1. The molecule has 1 heteroatoms. The van der Waals surface area contributed by atoms with E-state index in [2.05, 4.69) is 26.1 Å². The van der Waals surface area contributed by atoms with Gasteiger partial charge in [0.25, 0.3) is 0 Å². The van der Waals surface area contributed by atoms with Crippen LogP contribution in [-0.4, -0.2) is 13.1 Å². The van der Waals surface area contributed by atoms with Crippen molar-refractivity contribution in [2.75, 3.05) is 13.1 Å². The normalized spacial score (nSPS) is 26.2. The molecule has 1 aliphatic carbocycles. The van der Waals surface area contributed by atoms with Crippen LogP contribution in [0.5, 0.6) is 0 Å². The second-order valence-corrected chi connectivity index (χ2v) is 6.04. The van der Waals surface area contributed by atoms with Gasteiger partial charge in [-0.15, -0.1) is 0 Å². The maximum Gasteiger partial charge on any atom is -0.00258 e. The van der Waals surface area contributed by atoms with Gasteiger partial charge in [-0.25, -0.2) is 0 Å². The van der Waals surface area contributed by atoms with Gasteiger partial charge >= 0.3 is 0 Å². The van der Waals surface area contributed by atoms with Gasteiger partial charge in [0.05, 0.1) is 0 Å². The maximum absolute atomic E-state index is 3.54. The Morgan fingerprint density at radius 2 is 1.69 bits per heavy atom. The fraction of sp³-hybridized carbons (Fsp3) is 1.00. The van der Waals surface area contributed by atoms with E-state index in [-0.39, 0.29) is 0 Å². The monoisotopic (exact) mass is 225 g/mol. The fourth-order valence-corrected chi connectivity index (χ4v) is 2.83. The summed E-state index contributed by atoms with van der Waals surface area (Å²) in [6, 6.07) is 0. The molecule has 0 aromatic heterocycles. The SMILES string of the molecule is CCC1CCC(CCCNCC(C)C)CC1. The number of nitrogens with one attached hydrogen (secondary N) is 1. The van der Waals surface area contributed by atoms with Crippen molar-refractivity contribution in [3.63, 3.8) is 0 Å². The Bertz CT molecular complexity index is 157. The molecule has 1 N–H and O–H groups in total. The standard InChI is InChI=1S/C15H31N/c1-4-14-7-9-15(10-8-14)6-5-11-16-12-13(2)3/h13-16H,4-12H2,1-3H3. The predicted molar refractivity (Wildman–Crippen MR) is 72.7 cm³/mol. The van der Waals surface area contributed by atoms with Crippen molar-refractivity contribution in [3.05, 3.63) is 0 Å². The molecule has 0 aliphatic heterocycles. The molecule has 0 amide bonds. The van der Waals surface area contributed by atoms with Crippen molar-refractivity contribution in [2.24, 2.45) is 17.8 Å². The van der Waals surface area contributed by atoms with Crippen LogP contribution in [0.3, 0.4) is 0 Å². The first-order valence-corrected chi connectivity index (χ1v) is 7.43. The summed E-state index contributed by atoms with van der Waals surface area (Å²) in [6.07, 6.45) is 10.3. The molecule has 1 rings (SSSR count). The molecule has 0 radical (unpaired) electrons. The van der Waals surface area contributed by atoms with Crippen LogP contribution in [0.25, 0.3) is 0 Å². The van der Waals surface area contributed by atoms with Crippen LogP contribution in [-0.2, 0) is 0 Å². The van der Waals surface area contributed by atoms with E-state index in [1.807, 2.05) is 0 Å². The van der Waals surface area contributed by atoms with Crippen LogP contribution in [0, 0.1) is 17.8 Å². The highest BCUT2D eigenvalue weighted by atomic mass is 14.8.